The van der Waals surface area contributed by atoms with Gasteiger partial charge in [0.25, 0.3) is 0 Å². The zero-order chi connectivity index (χ0) is 9.14. The van der Waals surface area contributed by atoms with E-state index in [1.165, 1.54) is 6.92 Å². The first-order chi connectivity index (χ1) is 5.63. The Bertz CT molecular complexity index is 180. The number of hydrogen-bond acceptors (Lipinski definition) is 3. The van der Waals surface area contributed by atoms with Crippen LogP contribution in [0.3, 0.4) is 0 Å². The highest BCUT2D eigenvalue weighted by Gasteiger charge is 2.33. The number of Topliss-reactive ketones (excluding diaryl/α,β-unsaturated/α-hetero) is 1. The molecule has 0 saturated carbocycles. The van der Waals surface area contributed by atoms with Crippen molar-refractivity contribution in [3.05, 3.63) is 0 Å². The quantitative estimate of drug-likeness (QED) is 0.608. The third-order valence-corrected chi connectivity index (χ3v) is 2.32. The lowest BCUT2D eigenvalue weighted by Gasteiger charge is -2.26. The fraction of sp³-hybridized carbons (Fsp3) is 0.750. The van der Waals surface area contributed by atoms with Crippen molar-refractivity contribution in [3.63, 3.8) is 0 Å². The van der Waals surface area contributed by atoms with Crippen LogP contribution in [0.1, 0.15) is 13.3 Å². The first-order valence-corrected chi connectivity index (χ1v) is 4.07. The Hall–Kier alpha value is -0.900. The molecule has 2 N–H and O–H groups in total. The molecule has 1 saturated heterocycles. The highest BCUT2D eigenvalue weighted by molar-refractivity contribution is 5.84. The molecule has 0 aromatic heterocycles. The number of carbonyl (C=O) groups is 2. The summed E-state index contributed by atoms with van der Waals surface area (Å²) < 4.78 is 0. The number of carbonyl (C=O) groups excluding carboxylic acids is 1. The Balaban J connectivity index is 2.67. The first kappa shape index (κ1) is 9.19. The molecular formula is C8H13NO3. The fourth-order valence-corrected chi connectivity index (χ4v) is 1.60. The number of carboxylic acid groups (broad SMARTS) is 1. The average molecular weight is 171 g/mol. The second-order valence-corrected chi connectivity index (χ2v) is 3.15. The largest absolute Gasteiger partial charge is 0.481 e. The molecule has 0 aromatic carbocycles. The number of aliphatic carboxylic acids is 1. The number of piperidine rings is 1. The minimum Gasteiger partial charge on any atom is -0.481 e. The maximum Gasteiger partial charge on any atom is 0.308 e. The van der Waals surface area contributed by atoms with Gasteiger partial charge in [0.05, 0.1) is 5.92 Å². The Morgan fingerprint density at radius 3 is 2.50 bits per heavy atom. The molecule has 0 bridgehead atoms. The minimum absolute atomic E-state index is 0.0103. The molecule has 2 atom stereocenters. The van der Waals surface area contributed by atoms with E-state index in [0.29, 0.717) is 13.0 Å². The molecule has 68 valence electrons. The van der Waals surface area contributed by atoms with Crippen LogP contribution in [0.5, 0.6) is 0 Å². The van der Waals surface area contributed by atoms with E-state index in [1.54, 1.807) is 0 Å². The van der Waals surface area contributed by atoms with E-state index in [-0.39, 0.29) is 11.7 Å². The predicted molar refractivity (Wildman–Crippen MR) is 42.8 cm³/mol. The summed E-state index contributed by atoms with van der Waals surface area (Å²) in [6, 6.07) is 0. The molecule has 1 fully saturated rings. The number of carboxylic acids is 1. The van der Waals surface area contributed by atoms with Crippen LogP contribution in [0.2, 0.25) is 0 Å². The minimum atomic E-state index is -0.873. The summed E-state index contributed by atoms with van der Waals surface area (Å²) in [6.07, 6.45) is 0.645. The summed E-state index contributed by atoms with van der Waals surface area (Å²) in [6.45, 7) is 2.62. The van der Waals surface area contributed by atoms with Crippen LogP contribution >= 0.6 is 0 Å². The molecule has 1 aliphatic heterocycles. The van der Waals surface area contributed by atoms with Gasteiger partial charge in [-0.1, -0.05) is 0 Å². The summed E-state index contributed by atoms with van der Waals surface area (Å²) in [5.41, 5.74) is 0. The zero-order valence-corrected chi connectivity index (χ0v) is 7.04. The number of nitrogens with one attached hydrogen (secondary N) is 1. The van der Waals surface area contributed by atoms with Crippen LogP contribution in [0, 0.1) is 11.8 Å². The van der Waals surface area contributed by atoms with Crippen LogP contribution in [0.15, 0.2) is 0 Å². The van der Waals surface area contributed by atoms with Crippen LogP contribution in [0.4, 0.5) is 0 Å². The summed E-state index contributed by atoms with van der Waals surface area (Å²) in [7, 11) is 0. The molecule has 0 radical (unpaired) electrons. The average Bonchev–Trinajstić information content (AvgIpc) is 2.04. The number of rotatable bonds is 2. The second kappa shape index (κ2) is 3.67. The van der Waals surface area contributed by atoms with Crippen molar-refractivity contribution in [1.29, 1.82) is 0 Å². The predicted octanol–water partition coefficient (Wildman–Crippen LogP) is -0.114. The summed E-state index contributed by atoms with van der Waals surface area (Å²) >= 11 is 0. The van der Waals surface area contributed by atoms with Crippen LogP contribution in [-0.4, -0.2) is 29.9 Å². The van der Waals surface area contributed by atoms with Crippen LogP contribution in [0.25, 0.3) is 0 Å². The monoisotopic (exact) mass is 171 g/mol. The molecule has 4 nitrogen and oxygen atoms in total. The van der Waals surface area contributed by atoms with Crippen LogP contribution in [-0.2, 0) is 9.59 Å². The Kier molecular flexibility index (Phi) is 2.81. The summed E-state index contributed by atoms with van der Waals surface area (Å²) in [4.78, 5) is 21.7. The van der Waals surface area contributed by atoms with E-state index in [1.807, 2.05) is 0 Å². The SMILES string of the molecule is CC(=O)C1CCNCC1C(=O)O. The lowest BCUT2D eigenvalue weighted by atomic mass is 9.84. The van der Waals surface area contributed by atoms with Gasteiger partial charge in [0.2, 0.25) is 0 Å². The van der Waals surface area contributed by atoms with E-state index in [0.717, 1.165) is 6.54 Å². The summed E-state index contributed by atoms with van der Waals surface area (Å²) in [5, 5.41) is 11.7. The molecule has 1 aliphatic rings. The Morgan fingerprint density at radius 1 is 1.42 bits per heavy atom. The van der Waals surface area contributed by atoms with E-state index in [4.69, 9.17) is 5.11 Å². The van der Waals surface area contributed by atoms with Crippen LogP contribution < -0.4 is 5.32 Å². The Labute approximate surface area is 71.0 Å². The third-order valence-electron chi connectivity index (χ3n) is 2.32. The highest BCUT2D eigenvalue weighted by Crippen LogP contribution is 2.20. The number of ketones is 1. The molecule has 1 rings (SSSR count). The van der Waals surface area contributed by atoms with Gasteiger partial charge in [-0.2, -0.15) is 0 Å². The molecular weight excluding hydrogens is 158 g/mol. The molecule has 1 heterocycles. The third kappa shape index (κ3) is 1.82. The molecule has 4 heteroatoms. The van der Waals surface area contributed by atoms with Gasteiger partial charge in [-0.05, 0) is 19.9 Å². The molecule has 2 unspecified atom stereocenters. The van der Waals surface area contributed by atoms with Gasteiger partial charge in [-0.15, -0.1) is 0 Å². The van der Waals surface area contributed by atoms with E-state index >= 15 is 0 Å². The standard InChI is InChI=1S/C8H13NO3/c1-5(10)6-2-3-9-4-7(6)8(11)12/h6-7,9H,2-4H2,1H3,(H,11,12). The molecule has 0 amide bonds. The van der Waals surface area contributed by atoms with Gasteiger partial charge in [-0.3, -0.25) is 9.59 Å². The van der Waals surface area contributed by atoms with Crippen molar-refractivity contribution < 1.29 is 14.7 Å². The van der Waals surface area contributed by atoms with E-state index in [2.05, 4.69) is 5.32 Å². The van der Waals surface area contributed by atoms with Gasteiger partial charge in [0.15, 0.2) is 0 Å². The summed E-state index contributed by atoms with van der Waals surface area (Å²) in [5.74, 6) is -1.70. The second-order valence-electron chi connectivity index (χ2n) is 3.15. The van der Waals surface area contributed by atoms with Gasteiger partial charge in [0, 0.05) is 12.5 Å². The van der Waals surface area contributed by atoms with Crippen molar-refractivity contribution >= 4 is 11.8 Å². The topological polar surface area (TPSA) is 66.4 Å². The van der Waals surface area contributed by atoms with Gasteiger partial charge in [0.1, 0.15) is 5.78 Å². The van der Waals surface area contributed by atoms with E-state index in [9.17, 15) is 9.59 Å². The first-order valence-electron chi connectivity index (χ1n) is 4.07. The fourth-order valence-electron chi connectivity index (χ4n) is 1.60. The smallest absolute Gasteiger partial charge is 0.308 e. The lowest BCUT2D eigenvalue weighted by molar-refractivity contribution is -0.147. The van der Waals surface area contributed by atoms with Crippen molar-refractivity contribution in [2.45, 2.75) is 13.3 Å². The van der Waals surface area contributed by atoms with Crippen molar-refractivity contribution in [3.8, 4) is 0 Å². The molecule has 0 aromatic rings. The molecule has 0 aliphatic carbocycles. The maximum absolute atomic E-state index is 11.0. The van der Waals surface area contributed by atoms with Gasteiger partial charge in [-0.25, -0.2) is 0 Å². The van der Waals surface area contributed by atoms with Gasteiger partial charge < -0.3 is 10.4 Å². The van der Waals surface area contributed by atoms with Gasteiger partial charge >= 0.3 is 5.97 Å². The van der Waals surface area contributed by atoms with Crippen molar-refractivity contribution in [2.24, 2.45) is 11.8 Å². The highest BCUT2D eigenvalue weighted by atomic mass is 16.4. The normalized spacial score (nSPS) is 29.8. The van der Waals surface area contributed by atoms with Crippen molar-refractivity contribution in [1.82, 2.24) is 5.32 Å². The van der Waals surface area contributed by atoms with E-state index < -0.39 is 11.9 Å². The Morgan fingerprint density at radius 2 is 2.08 bits per heavy atom. The molecule has 12 heavy (non-hydrogen) atoms. The van der Waals surface area contributed by atoms with Crippen molar-refractivity contribution in [2.75, 3.05) is 13.1 Å². The maximum atomic E-state index is 11.0. The lowest BCUT2D eigenvalue weighted by Crippen LogP contribution is -2.43. The molecule has 0 spiro atoms. The zero-order valence-electron chi connectivity index (χ0n) is 7.04. The number of hydrogen-bond donors (Lipinski definition) is 2.